The molecule has 2 rings (SSSR count). The lowest BCUT2D eigenvalue weighted by atomic mass is 9.87. The van der Waals surface area contributed by atoms with Crippen LogP contribution in [0.2, 0.25) is 0 Å². The van der Waals surface area contributed by atoms with E-state index in [0.717, 1.165) is 12.8 Å². The van der Waals surface area contributed by atoms with E-state index >= 15 is 0 Å². The first kappa shape index (κ1) is 23.7. The minimum Gasteiger partial charge on any atom is -0.481 e. The number of esters is 1. The van der Waals surface area contributed by atoms with E-state index in [1.807, 2.05) is 31.2 Å². The van der Waals surface area contributed by atoms with Crippen molar-refractivity contribution in [1.29, 1.82) is 0 Å². The van der Waals surface area contributed by atoms with Crippen LogP contribution in [0, 0.1) is 0 Å². The first-order valence-corrected chi connectivity index (χ1v) is 10.6. The third kappa shape index (κ3) is 6.47. The molecule has 1 N–H and O–H groups in total. The van der Waals surface area contributed by atoms with Crippen LogP contribution < -0.4 is 10.1 Å². The van der Waals surface area contributed by atoms with Gasteiger partial charge in [0.05, 0.1) is 13.0 Å². The molecular weight excluding hydrogens is 384 g/mol. The molecule has 1 heterocycles. The summed E-state index contributed by atoms with van der Waals surface area (Å²) in [5, 5.41) is 2.72. The van der Waals surface area contributed by atoms with Gasteiger partial charge in [0, 0.05) is 13.1 Å². The molecule has 0 aliphatic carbocycles. The summed E-state index contributed by atoms with van der Waals surface area (Å²) in [7, 11) is 0. The molecule has 2 amide bonds. The average Bonchev–Trinajstić information content (AvgIpc) is 2.69. The molecule has 0 radical (unpaired) electrons. The maximum absolute atomic E-state index is 13.0. The molecule has 1 fully saturated rings. The highest BCUT2D eigenvalue weighted by atomic mass is 16.5. The van der Waals surface area contributed by atoms with Crippen molar-refractivity contribution in [3.63, 3.8) is 0 Å². The van der Waals surface area contributed by atoms with E-state index in [-0.39, 0.29) is 23.7 Å². The van der Waals surface area contributed by atoms with Gasteiger partial charge in [-0.15, -0.1) is 0 Å². The molecule has 0 bridgehead atoms. The molecular formula is C23H34N2O5. The van der Waals surface area contributed by atoms with Crippen LogP contribution in [-0.4, -0.2) is 54.5 Å². The number of carbonyl (C=O) groups excluding carboxylic acids is 3. The second-order valence-electron chi connectivity index (χ2n) is 8.65. The van der Waals surface area contributed by atoms with Crippen molar-refractivity contribution in [3.8, 4) is 5.75 Å². The van der Waals surface area contributed by atoms with Crippen molar-refractivity contribution in [2.75, 3.05) is 19.7 Å². The first-order chi connectivity index (χ1) is 14.1. The Morgan fingerprint density at radius 1 is 1.23 bits per heavy atom. The van der Waals surface area contributed by atoms with Crippen LogP contribution in [0.1, 0.15) is 59.4 Å². The van der Waals surface area contributed by atoms with E-state index in [1.54, 1.807) is 6.92 Å². The Balaban J connectivity index is 2.02. The number of nitrogens with one attached hydrogen (secondary N) is 1. The van der Waals surface area contributed by atoms with E-state index in [2.05, 4.69) is 26.1 Å². The Morgan fingerprint density at radius 2 is 1.90 bits per heavy atom. The smallest absolute Gasteiger partial charge is 0.308 e. The summed E-state index contributed by atoms with van der Waals surface area (Å²) in [6.45, 7) is 11.0. The second-order valence-corrected chi connectivity index (χ2v) is 8.65. The number of rotatable bonds is 8. The number of unbranched alkanes of at least 4 members (excludes halogenated alkanes) is 1. The summed E-state index contributed by atoms with van der Waals surface area (Å²) < 4.78 is 11.0. The van der Waals surface area contributed by atoms with Gasteiger partial charge in [-0.05, 0) is 36.5 Å². The summed E-state index contributed by atoms with van der Waals surface area (Å²) in [5.74, 6) is -0.560. The highest BCUT2D eigenvalue weighted by molar-refractivity contribution is 5.93. The number of nitrogens with zero attached hydrogens (tertiary/aromatic N) is 1. The minimum absolute atomic E-state index is 0.0279. The molecule has 2 unspecified atom stereocenters. The molecule has 0 spiro atoms. The number of hydrogen-bond acceptors (Lipinski definition) is 5. The molecule has 30 heavy (non-hydrogen) atoms. The van der Waals surface area contributed by atoms with Crippen LogP contribution in [0.15, 0.2) is 24.3 Å². The fourth-order valence-electron chi connectivity index (χ4n) is 3.25. The topological polar surface area (TPSA) is 84.9 Å². The summed E-state index contributed by atoms with van der Waals surface area (Å²) >= 11 is 0. The van der Waals surface area contributed by atoms with Gasteiger partial charge in [0.1, 0.15) is 11.8 Å². The fourth-order valence-corrected chi connectivity index (χ4v) is 3.25. The van der Waals surface area contributed by atoms with Crippen molar-refractivity contribution in [2.45, 2.75) is 71.4 Å². The van der Waals surface area contributed by atoms with E-state index in [1.165, 1.54) is 10.5 Å². The summed E-state index contributed by atoms with van der Waals surface area (Å²) in [5.41, 5.74) is 1.20. The summed E-state index contributed by atoms with van der Waals surface area (Å²) in [6, 6.07) is 6.77. The maximum atomic E-state index is 13.0. The Hall–Kier alpha value is -2.57. The molecule has 1 aliphatic heterocycles. The number of benzene rings is 1. The third-order valence-electron chi connectivity index (χ3n) is 5.12. The van der Waals surface area contributed by atoms with Crippen molar-refractivity contribution in [2.24, 2.45) is 0 Å². The zero-order valence-corrected chi connectivity index (χ0v) is 18.7. The van der Waals surface area contributed by atoms with Gasteiger partial charge in [0.2, 0.25) is 5.91 Å². The van der Waals surface area contributed by atoms with Crippen LogP contribution in [0.5, 0.6) is 5.75 Å². The number of amides is 2. The predicted molar refractivity (Wildman–Crippen MR) is 114 cm³/mol. The molecule has 7 nitrogen and oxygen atoms in total. The van der Waals surface area contributed by atoms with Gasteiger partial charge in [0.15, 0.2) is 6.10 Å². The normalized spacial score (nSPS) is 17.8. The van der Waals surface area contributed by atoms with E-state index in [9.17, 15) is 14.4 Å². The Morgan fingerprint density at radius 3 is 2.50 bits per heavy atom. The van der Waals surface area contributed by atoms with E-state index in [0.29, 0.717) is 25.4 Å². The van der Waals surface area contributed by atoms with Crippen LogP contribution >= 0.6 is 0 Å². The maximum Gasteiger partial charge on any atom is 0.308 e. The zero-order valence-electron chi connectivity index (χ0n) is 18.7. The Kier molecular flexibility index (Phi) is 8.26. The molecule has 7 heteroatoms. The quantitative estimate of drug-likeness (QED) is 0.518. The third-order valence-corrected chi connectivity index (χ3v) is 5.12. The monoisotopic (exact) mass is 418 g/mol. The summed E-state index contributed by atoms with van der Waals surface area (Å²) in [4.78, 5) is 38.9. The molecule has 0 saturated carbocycles. The highest BCUT2D eigenvalue weighted by Crippen LogP contribution is 2.25. The van der Waals surface area contributed by atoms with Crippen LogP contribution in [0.4, 0.5) is 0 Å². The van der Waals surface area contributed by atoms with Crippen LogP contribution in [0.3, 0.4) is 0 Å². The van der Waals surface area contributed by atoms with Gasteiger partial charge in [-0.1, -0.05) is 46.2 Å². The molecule has 1 aromatic rings. The first-order valence-electron chi connectivity index (χ1n) is 10.6. The molecule has 166 valence electrons. The van der Waals surface area contributed by atoms with Gasteiger partial charge >= 0.3 is 5.97 Å². The van der Waals surface area contributed by atoms with E-state index in [4.69, 9.17) is 9.47 Å². The largest absolute Gasteiger partial charge is 0.481 e. The lowest BCUT2D eigenvalue weighted by Gasteiger charge is -2.36. The Labute approximate surface area is 179 Å². The van der Waals surface area contributed by atoms with Crippen molar-refractivity contribution in [3.05, 3.63) is 29.8 Å². The van der Waals surface area contributed by atoms with Gasteiger partial charge in [-0.25, -0.2) is 0 Å². The second kappa shape index (κ2) is 10.5. The molecule has 1 aliphatic rings. The number of hydrogen-bond donors (Lipinski definition) is 1. The lowest BCUT2D eigenvalue weighted by molar-refractivity contribution is -0.154. The lowest BCUT2D eigenvalue weighted by Crippen LogP contribution is -2.60. The molecule has 1 aromatic carbocycles. The highest BCUT2D eigenvalue weighted by Gasteiger charge is 2.37. The fraction of sp³-hybridized carbons (Fsp3) is 0.609. The number of carbonyl (C=O) groups is 3. The van der Waals surface area contributed by atoms with Gasteiger partial charge in [-0.3, -0.25) is 14.4 Å². The Bertz CT molecular complexity index is 739. The van der Waals surface area contributed by atoms with Gasteiger partial charge in [-0.2, -0.15) is 0 Å². The van der Waals surface area contributed by atoms with Crippen LogP contribution in [-0.2, 0) is 24.5 Å². The number of ether oxygens (including phenoxy) is 2. The van der Waals surface area contributed by atoms with Crippen molar-refractivity contribution < 1.29 is 23.9 Å². The molecule has 0 aromatic heterocycles. The van der Waals surface area contributed by atoms with Gasteiger partial charge < -0.3 is 19.7 Å². The SMILES string of the molecule is CCCCOC(=O)CC1C(=O)NCCN1C(=O)C(C)Oc1ccc(C(C)(C)C)cc1. The van der Waals surface area contributed by atoms with Crippen molar-refractivity contribution in [1.82, 2.24) is 10.2 Å². The standard InChI is InChI=1S/C23H34N2O5/c1-6-7-14-29-20(26)15-19-21(27)24-12-13-25(19)22(28)16(2)30-18-10-8-17(9-11-18)23(3,4)5/h8-11,16,19H,6-7,12-15H2,1-5H3,(H,24,27). The minimum atomic E-state index is -0.880. The van der Waals surface area contributed by atoms with Crippen molar-refractivity contribution >= 4 is 17.8 Å². The average molecular weight is 419 g/mol. The zero-order chi connectivity index (χ0) is 22.3. The molecule has 1 saturated heterocycles. The van der Waals surface area contributed by atoms with Crippen LogP contribution in [0.25, 0.3) is 0 Å². The number of piperazine rings is 1. The summed E-state index contributed by atoms with van der Waals surface area (Å²) in [6.07, 6.45) is 0.737. The molecule has 2 atom stereocenters. The van der Waals surface area contributed by atoms with E-state index < -0.39 is 18.1 Å². The predicted octanol–water partition coefficient (Wildman–Crippen LogP) is 2.81. The van der Waals surface area contributed by atoms with Gasteiger partial charge in [0.25, 0.3) is 5.91 Å².